The van der Waals surface area contributed by atoms with Gasteiger partial charge in [0.15, 0.2) is 0 Å². The summed E-state index contributed by atoms with van der Waals surface area (Å²) in [5.41, 5.74) is 6.96. The lowest BCUT2D eigenvalue weighted by Gasteiger charge is -2.08. The number of halogens is 2. The Hall–Kier alpha value is -1.91. The van der Waals surface area contributed by atoms with E-state index in [9.17, 15) is 9.18 Å². The standard InChI is InChI=1S/C15H14ClFN2O/c16-13-7-10(15(18)20)5-6-11(13)8-19-9-12-3-1-2-4-14(12)17/h1-7,19H,8-9H2,(H2,18,20). The Morgan fingerprint density at radius 1 is 1.15 bits per heavy atom. The Morgan fingerprint density at radius 3 is 2.50 bits per heavy atom. The van der Waals surface area contributed by atoms with Crippen LogP contribution in [0, 0.1) is 5.82 Å². The quantitative estimate of drug-likeness (QED) is 0.890. The number of hydrogen-bond acceptors (Lipinski definition) is 2. The molecular formula is C15H14ClFN2O. The van der Waals surface area contributed by atoms with Crippen molar-refractivity contribution in [3.8, 4) is 0 Å². The molecule has 2 aromatic rings. The summed E-state index contributed by atoms with van der Waals surface area (Å²) >= 11 is 6.06. The van der Waals surface area contributed by atoms with Crippen molar-refractivity contribution in [2.24, 2.45) is 5.73 Å². The van der Waals surface area contributed by atoms with Gasteiger partial charge < -0.3 is 11.1 Å². The zero-order valence-corrected chi connectivity index (χ0v) is 11.5. The lowest BCUT2D eigenvalue weighted by Crippen LogP contribution is -2.15. The Kier molecular flexibility index (Phi) is 4.71. The van der Waals surface area contributed by atoms with Gasteiger partial charge >= 0.3 is 0 Å². The number of nitrogens with two attached hydrogens (primary N) is 1. The topological polar surface area (TPSA) is 55.1 Å². The fourth-order valence-corrected chi connectivity index (χ4v) is 2.06. The maximum Gasteiger partial charge on any atom is 0.248 e. The van der Waals surface area contributed by atoms with Gasteiger partial charge in [-0.25, -0.2) is 4.39 Å². The number of nitrogens with one attached hydrogen (secondary N) is 1. The second-order valence-corrected chi connectivity index (χ2v) is 4.77. The van der Waals surface area contributed by atoms with Gasteiger partial charge in [-0.15, -0.1) is 0 Å². The number of carbonyl (C=O) groups is 1. The van der Waals surface area contributed by atoms with E-state index in [1.54, 1.807) is 30.3 Å². The molecular weight excluding hydrogens is 279 g/mol. The van der Waals surface area contributed by atoms with Gasteiger partial charge in [0.1, 0.15) is 5.82 Å². The molecule has 20 heavy (non-hydrogen) atoms. The second-order valence-electron chi connectivity index (χ2n) is 4.37. The lowest BCUT2D eigenvalue weighted by atomic mass is 10.1. The van der Waals surface area contributed by atoms with Crippen molar-refractivity contribution in [2.45, 2.75) is 13.1 Å². The van der Waals surface area contributed by atoms with Crippen LogP contribution in [0.15, 0.2) is 42.5 Å². The van der Waals surface area contributed by atoms with Gasteiger partial charge in [-0.3, -0.25) is 4.79 Å². The maximum absolute atomic E-state index is 13.4. The maximum atomic E-state index is 13.4. The molecule has 0 unspecified atom stereocenters. The Bertz CT molecular complexity index is 631. The minimum absolute atomic E-state index is 0.241. The van der Waals surface area contributed by atoms with Crippen LogP contribution in [-0.2, 0) is 13.1 Å². The first-order valence-electron chi connectivity index (χ1n) is 6.10. The molecule has 0 aliphatic heterocycles. The van der Waals surface area contributed by atoms with E-state index >= 15 is 0 Å². The predicted octanol–water partition coefficient (Wildman–Crippen LogP) is 2.87. The smallest absolute Gasteiger partial charge is 0.248 e. The van der Waals surface area contributed by atoms with Crippen LogP contribution in [0.3, 0.4) is 0 Å². The van der Waals surface area contributed by atoms with E-state index in [0.717, 1.165) is 5.56 Å². The number of rotatable bonds is 5. The van der Waals surface area contributed by atoms with Gasteiger partial charge in [-0.05, 0) is 23.8 Å². The van der Waals surface area contributed by atoms with Crippen molar-refractivity contribution in [3.63, 3.8) is 0 Å². The molecule has 0 bridgehead atoms. The van der Waals surface area contributed by atoms with Crippen LogP contribution < -0.4 is 11.1 Å². The van der Waals surface area contributed by atoms with Gasteiger partial charge in [0.2, 0.25) is 5.91 Å². The van der Waals surface area contributed by atoms with Crippen molar-refractivity contribution < 1.29 is 9.18 Å². The Morgan fingerprint density at radius 2 is 1.85 bits per heavy atom. The highest BCUT2D eigenvalue weighted by Crippen LogP contribution is 2.18. The zero-order valence-electron chi connectivity index (χ0n) is 10.7. The van der Waals surface area contributed by atoms with Crippen LogP contribution in [-0.4, -0.2) is 5.91 Å². The summed E-state index contributed by atoms with van der Waals surface area (Å²) in [6.07, 6.45) is 0. The van der Waals surface area contributed by atoms with Crippen LogP contribution >= 0.6 is 11.6 Å². The molecule has 2 aromatic carbocycles. The number of amides is 1. The Labute approximate surface area is 121 Å². The second kappa shape index (κ2) is 6.50. The zero-order chi connectivity index (χ0) is 14.5. The molecule has 0 heterocycles. The van der Waals surface area contributed by atoms with E-state index in [0.29, 0.717) is 29.2 Å². The summed E-state index contributed by atoms with van der Waals surface area (Å²) in [4.78, 5) is 11.0. The van der Waals surface area contributed by atoms with Gasteiger partial charge in [0, 0.05) is 29.2 Å². The third kappa shape index (κ3) is 3.56. The summed E-state index contributed by atoms with van der Waals surface area (Å²) in [6, 6.07) is 11.5. The molecule has 0 atom stereocenters. The van der Waals surface area contributed by atoms with Crippen molar-refractivity contribution in [2.75, 3.05) is 0 Å². The number of benzene rings is 2. The molecule has 0 radical (unpaired) electrons. The van der Waals surface area contributed by atoms with Crippen LogP contribution in [0.2, 0.25) is 5.02 Å². The molecule has 0 saturated heterocycles. The van der Waals surface area contributed by atoms with Crippen LogP contribution in [0.4, 0.5) is 4.39 Å². The van der Waals surface area contributed by atoms with Crippen LogP contribution in [0.1, 0.15) is 21.5 Å². The van der Waals surface area contributed by atoms with Crippen LogP contribution in [0.25, 0.3) is 0 Å². The molecule has 3 N–H and O–H groups in total. The fourth-order valence-electron chi connectivity index (χ4n) is 1.82. The third-order valence-corrected chi connectivity index (χ3v) is 3.28. The largest absolute Gasteiger partial charge is 0.366 e. The van der Waals surface area contributed by atoms with E-state index in [1.165, 1.54) is 12.1 Å². The number of hydrogen-bond donors (Lipinski definition) is 2. The summed E-state index contributed by atoms with van der Waals surface area (Å²) in [7, 11) is 0. The molecule has 0 saturated carbocycles. The number of primary amides is 1. The SMILES string of the molecule is NC(=O)c1ccc(CNCc2ccccc2F)c(Cl)c1. The Balaban J connectivity index is 1.98. The minimum atomic E-state index is -0.516. The van der Waals surface area contributed by atoms with E-state index in [4.69, 9.17) is 17.3 Å². The highest BCUT2D eigenvalue weighted by Gasteiger charge is 2.06. The first-order valence-corrected chi connectivity index (χ1v) is 6.48. The molecule has 0 aliphatic rings. The average molecular weight is 293 g/mol. The van der Waals surface area contributed by atoms with Gasteiger partial charge in [-0.2, -0.15) is 0 Å². The summed E-state index contributed by atoms with van der Waals surface area (Å²) in [5, 5.41) is 3.57. The molecule has 0 fully saturated rings. The summed E-state index contributed by atoms with van der Waals surface area (Å²) in [5.74, 6) is -0.757. The fraction of sp³-hybridized carbons (Fsp3) is 0.133. The van der Waals surface area contributed by atoms with Crippen molar-refractivity contribution >= 4 is 17.5 Å². The van der Waals surface area contributed by atoms with E-state index < -0.39 is 5.91 Å². The van der Waals surface area contributed by atoms with E-state index in [-0.39, 0.29) is 5.82 Å². The predicted molar refractivity (Wildman–Crippen MR) is 76.9 cm³/mol. The molecule has 2 rings (SSSR count). The van der Waals surface area contributed by atoms with Gasteiger partial charge in [-0.1, -0.05) is 35.9 Å². The van der Waals surface area contributed by atoms with Crippen molar-refractivity contribution in [1.29, 1.82) is 0 Å². The van der Waals surface area contributed by atoms with Crippen molar-refractivity contribution in [1.82, 2.24) is 5.32 Å². The first kappa shape index (κ1) is 14.5. The highest BCUT2D eigenvalue weighted by atomic mass is 35.5. The normalized spacial score (nSPS) is 10.5. The summed E-state index contributed by atoms with van der Waals surface area (Å²) < 4.78 is 13.4. The van der Waals surface area contributed by atoms with E-state index in [1.807, 2.05) is 0 Å². The first-order chi connectivity index (χ1) is 9.58. The van der Waals surface area contributed by atoms with E-state index in [2.05, 4.69) is 5.32 Å². The third-order valence-electron chi connectivity index (χ3n) is 2.93. The summed E-state index contributed by atoms with van der Waals surface area (Å²) in [6.45, 7) is 0.882. The molecule has 0 spiro atoms. The molecule has 5 heteroatoms. The molecule has 1 amide bonds. The minimum Gasteiger partial charge on any atom is -0.366 e. The lowest BCUT2D eigenvalue weighted by molar-refractivity contribution is 0.100. The molecule has 3 nitrogen and oxygen atoms in total. The molecule has 0 aromatic heterocycles. The van der Waals surface area contributed by atoms with Gasteiger partial charge in [0.05, 0.1) is 0 Å². The molecule has 0 aliphatic carbocycles. The monoisotopic (exact) mass is 292 g/mol. The average Bonchev–Trinajstić information content (AvgIpc) is 2.42. The van der Waals surface area contributed by atoms with Crippen LogP contribution in [0.5, 0.6) is 0 Å². The highest BCUT2D eigenvalue weighted by molar-refractivity contribution is 6.31. The van der Waals surface area contributed by atoms with Crippen molar-refractivity contribution in [3.05, 3.63) is 70.0 Å². The van der Waals surface area contributed by atoms with Gasteiger partial charge in [0.25, 0.3) is 0 Å². The number of carbonyl (C=O) groups excluding carboxylic acids is 1. The molecule has 104 valence electrons.